The molecule has 1 aromatic rings. The molecular weight excluding hydrogens is 465 g/mol. The van der Waals surface area contributed by atoms with Crippen LogP contribution < -0.4 is 5.32 Å². The molecule has 0 aromatic carbocycles. The van der Waals surface area contributed by atoms with E-state index in [-0.39, 0.29) is 25.3 Å². The van der Waals surface area contributed by atoms with Gasteiger partial charge in [-0.05, 0) is 52.6 Å². The summed E-state index contributed by atoms with van der Waals surface area (Å²) in [5.41, 5.74) is 1.02. The molecule has 1 heterocycles. The molecule has 0 aliphatic rings. The lowest BCUT2D eigenvalue weighted by Gasteiger charge is -2.19. The first kappa shape index (κ1) is 30.9. The summed E-state index contributed by atoms with van der Waals surface area (Å²) >= 11 is 0. The number of ether oxygens (including phenoxy) is 2. The standard InChI is InChI=1S/C19H30N2O6.C2HF3O2/c1-6-12-15(17(24)26-7-2)13(11-20-10-8-9-14(22)23)21-16(12)18(25)27-19(3,4)5;3-2(4,5)1(6)7/h20-21H,6-11H2,1-5H3,(H,22,23);(H,6,7). The summed E-state index contributed by atoms with van der Waals surface area (Å²) in [6.07, 6.45) is -4.10. The van der Waals surface area contributed by atoms with Gasteiger partial charge >= 0.3 is 30.1 Å². The Morgan fingerprint density at radius 1 is 1.03 bits per heavy atom. The minimum atomic E-state index is -5.08. The van der Waals surface area contributed by atoms with Gasteiger partial charge in [0.2, 0.25) is 0 Å². The van der Waals surface area contributed by atoms with Gasteiger partial charge in [-0.15, -0.1) is 0 Å². The number of H-pyrrole nitrogens is 1. The molecule has 0 unspecified atom stereocenters. The van der Waals surface area contributed by atoms with Gasteiger partial charge in [-0.25, -0.2) is 14.4 Å². The van der Waals surface area contributed by atoms with Crippen molar-refractivity contribution in [2.75, 3.05) is 13.2 Å². The molecule has 13 heteroatoms. The number of alkyl halides is 3. The van der Waals surface area contributed by atoms with E-state index in [1.165, 1.54) is 0 Å². The second-order valence-electron chi connectivity index (χ2n) is 7.89. The Morgan fingerprint density at radius 3 is 2.00 bits per heavy atom. The predicted molar refractivity (Wildman–Crippen MR) is 114 cm³/mol. The molecular formula is C21H31F3N2O8. The van der Waals surface area contributed by atoms with Crippen molar-refractivity contribution >= 4 is 23.9 Å². The molecule has 0 atom stereocenters. The van der Waals surface area contributed by atoms with Crippen molar-refractivity contribution in [3.05, 3.63) is 22.5 Å². The molecule has 4 N–H and O–H groups in total. The van der Waals surface area contributed by atoms with Crippen molar-refractivity contribution < 1.29 is 52.0 Å². The number of aromatic amines is 1. The molecule has 0 saturated heterocycles. The number of aromatic nitrogens is 1. The number of esters is 2. The van der Waals surface area contributed by atoms with Crippen molar-refractivity contribution in [1.82, 2.24) is 10.3 Å². The molecule has 194 valence electrons. The van der Waals surface area contributed by atoms with Crippen LogP contribution in [0.25, 0.3) is 0 Å². The van der Waals surface area contributed by atoms with Crippen molar-refractivity contribution in [3.8, 4) is 0 Å². The van der Waals surface area contributed by atoms with E-state index in [1.807, 2.05) is 6.92 Å². The first-order valence-electron chi connectivity index (χ1n) is 10.4. The molecule has 0 fully saturated rings. The zero-order valence-electron chi connectivity index (χ0n) is 19.7. The fourth-order valence-corrected chi connectivity index (χ4v) is 2.61. The van der Waals surface area contributed by atoms with E-state index >= 15 is 0 Å². The molecule has 0 radical (unpaired) electrons. The van der Waals surface area contributed by atoms with Gasteiger partial charge in [0, 0.05) is 18.7 Å². The van der Waals surface area contributed by atoms with E-state index in [1.54, 1.807) is 27.7 Å². The first-order valence-corrected chi connectivity index (χ1v) is 10.4. The quantitative estimate of drug-likeness (QED) is 0.282. The number of hydrogen-bond donors (Lipinski definition) is 4. The zero-order chi connectivity index (χ0) is 26.7. The zero-order valence-corrected chi connectivity index (χ0v) is 19.7. The van der Waals surface area contributed by atoms with Crippen LogP contribution in [0.1, 0.15) is 79.6 Å². The lowest BCUT2D eigenvalue weighted by Crippen LogP contribution is -2.24. The number of nitrogens with one attached hydrogen (secondary N) is 2. The van der Waals surface area contributed by atoms with E-state index in [9.17, 15) is 27.6 Å². The highest BCUT2D eigenvalue weighted by atomic mass is 19.4. The maximum Gasteiger partial charge on any atom is 0.490 e. The van der Waals surface area contributed by atoms with Crippen LogP contribution in [0, 0.1) is 0 Å². The molecule has 0 amide bonds. The molecule has 0 bridgehead atoms. The smallest absolute Gasteiger partial charge is 0.481 e. The Bertz CT molecular complexity index is 857. The summed E-state index contributed by atoms with van der Waals surface area (Å²) in [7, 11) is 0. The average molecular weight is 496 g/mol. The van der Waals surface area contributed by atoms with Gasteiger partial charge in [0.05, 0.1) is 12.2 Å². The van der Waals surface area contributed by atoms with E-state index in [0.717, 1.165) is 0 Å². The number of carbonyl (C=O) groups excluding carboxylic acids is 2. The lowest BCUT2D eigenvalue weighted by molar-refractivity contribution is -0.192. The van der Waals surface area contributed by atoms with Crippen LogP contribution in [0.5, 0.6) is 0 Å². The van der Waals surface area contributed by atoms with Crippen LogP contribution in [-0.2, 0) is 32.0 Å². The monoisotopic (exact) mass is 496 g/mol. The summed E-state index contributed by atoms with van der Waals surface area (Å²) < 4.78 is 42.3. The van der Waals surface area contributed by atoms with Gasteiger partial charge < -0.3 is 30.0 Å². The summed E-state index contributed by atoms with van der Waals surface area (Å²) in [6.45, 7) is 9.86. The minimum absolute atomic E-state index is 0.0613. The Hall–Kier alpha value is -3.09. The molecule has 0 aliphatic heterocycles. The number of rotatable bonds is 10. The van der Waals surface area contributed by atoms with E-state index < -0.39 is 35.7 Å². The van der Waals surface area contributed by atoms with Gasteiger partial charge in [0.1, 0.15) is 11.3 Å². The number of carboxylic acids is 2. The minimum Gasteiger partial charge on any atom is -0.481 e. The topological polar surface area (TPSA) is 155 Å². The highest BCUT2D eigenvalue weighted by molar-refractivity contribution is 5.99. The normalized spacial score (nSPS) is 11.3. The van der Waals surface area contributed by atoms with Crippen molar-refractivity contribution in [2.24, 2.45) is 0 Å². The van der Waals surface area contributed by atoms with Crippen molar-refractivity contribution in [2.45, 2.75) is 72.2 Å². The summed E-state index contributed by atoms with van der Waals surface area (Å²) in [4.78, 5) is 47.5. The summed E-state index contributed by atoms with van der Waals surface area (Å²) in [6, 6.07) is 0. The molecule has 1 aromatic heterocycles. The van der Waals surface area contributed by atoms with Gasteiger partial charge in [-0.3, -0.25) is 4.79 Å². The highest BCUT2D eigenvalue weighted by Crippen LogP contribution is 2.24. The van der Waals surface area contributed by atoms with Gasteiger partial charge in [-0.2, -0.15) is 13.2 Å². The fraction of sp³-hybridized carbons (Fsp3) is 0.619. The molecule has 0 aliphatic carbocycles. The van der Waals surface area contributed by atoms with Crippen LogP contribution in [-0.4, -0.2) is 64.0 Å². The maximum absolute atomic E-state index is 12.5. The number of carboxylic acid groups (broad SMARTS) is 2. The number of hydrogen-bond acceptors (Lipinski definition) is 7. The molecule has 10 nitrogen and oxygen atoms in total. The largest absolute Gasteiger partial charge is 0.490 e. The summed E-state index contributed by atoms with van der Waals surface area (Å²) in [5, 5.41) is 18.9. The Morgan fingerprint density at radius 2 is 1.59 bits per heavy atom. The van der Waals surface area contributed by atoms with Gasteiger partial charge in [-0.1, -0.05) is 6.92 Å². The second kappa shape index (κ2) is 13.6. The van der Waals surface area contributed by atoms with E-state index in [0.29, 0.717) is 36.2 Å². The number of halogens is 3. The fourth-order valence-electron chi connectivity index (χ4n) is 2.61. The third kappa shape index (κ3) is 11.2. The average Bonchev–Trinajstić information content (AvgIpc) is 3.05. The number of aliphatic carboxylic acids is 2. The maximum atomic E-state index is 12.5. The van der Waals surface area contributed by atoms with Crippen LogP contribution in [0.4, 0.5) is 13.2 Å². The van der Waals surface area contributed by atoms with E-state index in [2.05, 4.69) is 10.3 Å². The molecule has 0 saturated carbocycles. The molecule has 0 spiro atoms. The lowest BCUT2D eigenvalue weighted by atomic mass is 10.1. The highest BCUT2D eigenvalue weighted by Gasteiger charge is 2.38. The van der Waals surface area contributed by atoms with Crippen molar-refractivity contribution in [3.63, 3.8) is 0 Å². The van der Waals surface area contributed by atoms with Gasteiger partial charge in [0.15, 0.2) is 0 Å². The van der Waals surface area contributed by atoms with Crippen molar-refractivity contribution in [1.29, 1.82) is 0 Å². The number of carbonyl (C=O) groups is 4. The Kier molecular flexibility index (Phi) is 12.3. The van der Waals surface area contributed by atoms with Gasteiger partial charge in [0.25, 0.3) is 0 Å². The van der Waals surface area contributed by atoms with Crippen LogP contribution in [0.2, 0.25) is 0 Å². The SMILES string of the molecule is CCOC(=O)c1c(CNCCCC(=O)O)[nH]c(C(=O)OC(C)(C)C)c1CC.O=C(O)C(F)(F)F. The van der Waals surface area contributed by atoms with Crippen LogP contribution in [0.15, 0.2) is 0 Å². The summed E-state index contributed by atoms with van der Waals surface area (Å²) in [5.74, 6) is -4.64. The Balaban J connectivity index is 0.00000135. The first-order chi connectivity index (χ1) is 15.5. The molecule has 34 heavy (non-hydrogen) atoms. The van der Waals surface area contributed by atoms with E-state index in [4.69, 9.17) is 24.5 Å². The van der Waals surface area contributed by atoms with Crippen LogP contribution >= 0.6 is 0 Å². The van der Waals surface area contributed by atoms with Crippen LogP contribution in [0.3, 0.4) is 0 Å². The molecule has 1 rings (SSSR count). The third-order valence-electron chi connectivity index (χ3n) is 3.91. The third-order valence-corrected chi connectivity index (χ3v) is 3.91. The predicted octanol–water partition coefficient (Wildman–Crippen LogP) is 3.30. The Labute approximate surface area is 194 Å². The second-order valence-corrected chi connectivity index (χ2v) is 7.89.